The van der Waals surface area contributed by atoms with Crippen molar-refractivity contribution in [1.29, 1.82) is 0 Å². The number of carbonyl (C=O) groups is 3. The molecule has 10 heteroatoms. The van der Waals surface area contributed by atoms with Crippen molar-refractivity contribution in [3.63, 3.8) is 0 Å². The second-order valence-corrected chi connectivity index (χ2v) is 12.4. The van der Waals surface area contributed by atoms with E-state index in [1.54, 1.807) is 0 Å². The normalized spacial score (nSPS) is 18.3. The summed E-state index contributed by atoms with van der Waals surface area (Å²) >= 11 is 1.33. The van der Waals surface area contributed by atoms with Gasteiger partial charge in [-0.3, -0.25) is 19.3 Å². The van der Waals surface area contributed by atoms with Gasteiger partial charge in [-0.15, -0.1) is 0 Å². The summed E-state index contributed by atoms with van der Waals surface area (Å²) in [6, 6.07) is 24.8. The molecule has 3 amide bonds. The standard InChI is InChI=1S/C34H36N6O3S/c1-3-29(33(43)35-24-11-9-10-23(2)22-24)44-34-36-27-15-8-7-14-26(27)31-37-32(42)28(40(31)34)16-17-30(41)39-20-18-38(19-21-39)25-12-5-4-6-13-25/h4-15,22,28-29H,3,16-21H2,1-2H3,(H,35,43). The number of nitrogens with zero attached hydrogens (tertiary/aromatic N) is 5. The van der Waals surface area contributed by atoms with Gasteiger partial charge in [-0.25, -0.2) is 4.99 Å². The van der Waals surface area contributed by atoms with Gasteiger partial charge in [0.15, 0.2) is 5.17 Å². The number of fused-ring (bicyclic) bond motifs is 3. The van der Waals surface area contributed by atoms with Gasteiger partial charge < -0.3 is 15.1 Å². The fraction of sp³-hybridized carbons (Fsp3) is 0.324. The molecule has 9 nitrogen and oxygen atoms in total. The summed E-state index contributed by atoms with van der Waals surface area (Å²) in [6.07, 6.45) is 1.11. The zero-order chi connectivity index (χ0) is 30.6. The number of thioether (sulfide) groups is 1. The van der Waals surface area contributed by atoms with Crippen LogP contribution in [0.25, 0.3) is 0 Å². The van der Waals surface area contributed by atoms with Crippen molar-refractivity contribution in [2.75, 3.05) is 36.4 Å². The minimum Gasteiger partial charge on any atom is -0.368 e. The van der Waals surface area contributed by atoms with Gasteiger partial charge in [-0.1, -0.05) is 61.2 Å². The summed E-state index contributed by atoms with van der Waals surface area (Å²) in [4.78, 5) is 55.4. The molecule has 0 spiro atoms. The lowest BCUT2D eigenvalue weighted by Gasteiger charge is -2.36. The van der Waals surface area contributed by atoms with Crippen LogP contribution in [0.3, 0.4) is 0 Å². The van der Waals surface area contributed by atoms with Crippen molar-refractivity contribution in [2.24, 2.45) is 9.98 Å². The molecule has 0 radical (unpaired) electrons. The average molecular weight is 609 g/mol. The van der Waals surface area contributed by atoms with Gasteiger partial charge in [0.05, 0.1) is 10.9 Å². The lowest BCUT2D eigenvalue weighted by atomic mass is 10.1. The predicted molar refractivity (Wildman–Crippen MR) is 177 cm³/mol. The summed E-state index contributed by atoms with van der Waals surface area (Å²) in [5.74, 6) is 0.149. The van der Waals surface area contributed by atoms with Gasteiger partial charge in [0.2, 0.25) is 11.8 Å². The lowest BCUT2D eigenvalue weighted by molar-refractivity contribution is -0.132. The molecule has 6 rings (SSSR count). The van der Waals surface area contributed by atoms with Gasteiger partial charge >= 0.3 is 0 Å². The van der Waals surface area contributed by atoms with E-state index >= 15 is 0 Å². The molecule has 226 valence electrons. The molecule has 44 heavy (non-hydrogen) atoms. The molecule has 1 fully saturated rings. The molecule has 0 bridgehead atoms. The molecule has 3 aliphatic rings. The Morgan fingerprint density at radius 1 is 0.955 bits per heavy atom. The van der Waals surface area contributed by atoms with Crippen molar-refractivity contribution in [1.82, 2.24) is 9.80 Å². The Balaban J connectivity index is 1.15. The molecule has 3 aliphatic heterocycles. The minimum absolute atomic E-state index is 0.0338. The highest BCUT2D eigenvalue weighted by atomic mass is 32.2. The van der Waals surface area contributed by atoms with Gasteiger partial charge in [-0.2, -0.15) is 4.99 Å². The number of piperazine rings is 1. The first-order valence-electron chi connectivity index (χ1n) is 15.1. The van der Waals surface area contributed by atoms with Crippen LogP contribution in [0.4, 0.5) is 17.1 Å². The number of hydrogen-bond donors (Lipinski definition) is 1. The SMILES string of the molecule is CCC(SC1=Nc2ccccc2C2=NC(=O)C(CCC(=O)N3CCN(c4ccccc4)CC3)N12)C(=O)Nc1cccc(C)c1. The Bertz CT molecular complexity index is 1620. The van der Waals surface area contributed by atoms with Crippen molar-refractivity contribution in [3.05, 3.63) is 90.0 Å². The molecule has 1 saturated heterocycles. The van der Waals surface area contributed by atoms with E-state index < -0.39 is 11.3 Å². The largest absolute Gasteiger partial charge is 0.368 e. The van der Waals surface area contributed by atoms with Gasteiger partial charge in [0.1, 0.15) is 11.9 Å². The second kappa shape index (κ2) is 13.1. The highest BCUT2D eigenvalue weighted by molar-refractivity contribution is 8.15. The predicted octanol–water partition coefficient (Wildman–Crippen LogP) is 5.23. The van der Waals surface area contributed by atoms with Crippen LogP contribution in [-0.2, 0) is 14.4 Å². The smallest absolute Gasteiger partial charge is 0.270 e. The van der Waals surface area contributed by atoms with E-state index in [-0.39, 0.29) is 24.1 Å². The molecule has 0 aliphatic carbocycles. The van der Waals surface area contributed by atoms with E-state index in [0.29, 0.717) is 42.6 Å². The van der Waals surface area contributed by atoms with Crippen molar-refractivity contribution >= 4 is 57.5 Å². The van der Waals surface area contributed by atoms with Gasteiger partial charge in [-0.05, 0) is 61.7 Å². The Hall–Kier alpha value is -4.44. The van der Waals surface area contributed by atoms with Crippen LogP contribution < -0.4 is 10.2 Å². The quantitative estimate of drug-likeness (QED) is 0.376. The van der Waals surface area contributed by atoms with E-state index in [9.17, 15) is 14.4 Å². The summed E-state index contributed by atoms with van der Waals surface area (Å²) in [5.41, 5.74) is 4.44. The minimum atomic E-state index is -0.656. The van der Waals surface area contributed by atoms with Crippen LogP contribution >= 0.6 is 11.8 Å². The highest BCUT2D eigenvalue weighted by Crippen LogP contribution is 2.37. The summed E-state index contributed by atoms with van der Waals surface area (Å²) in [6.45, 7) is 6.76. The van der Waals surface area contributed by atoms with Crippen molar-refractivity contribution in [3.8, 4) is 0 Å². The first kappa shape index (κ1) is 29.6. The first-order valence-corrected chi connectivity index (χ1v) is 16.0. The molecule has 0 aromatic heterocycles. The molecule has 3 aromatic rings. The van der Waals surface area contributed by atoms with Crippen LogP contribution in [0.1, 0.15) is 37.3 Å². The number of hydrogen-bond acceptors (Lipinski definition) is 7. The molecule has 1 N–H and O–H groups in total. The molecular formula is C34H36N6O3S. The fourth-order valence-corrected chi connectivity index (χ4v) is 6.89. The number of benzene rings is 3. The number of rotatable bonds is 8. The maximum absolute atomic E-state index is 13.4. The average Bonchev–Trinajstić information content (AvgIpc) is 3.39. The molecule has 3 heterocycles. The molecule has 0 saturated carbocycles. The zero-order valence-corrected chi connectivity index (χ0v) is 25.8. The van der Waals surface area contributed by atoms with Gasteiger partial charge in [0, 0.05) is 49.5 Å². The van der Waals surface area contributed by atoms with Gasteiger partial charge in [0.25, 0.3) is 5.91 Å². The summed E-state index contributed by atoms with van der Waals surface area (Å²) in [5, 5.41) is 3.13. The Kier molecular flexibility index (Phi) is 8.79. The number of carbonyl (C=O) groups excluding carboxylic acids is 3. The molecule has 2 unspecified atom stereocenters. The number of aryl methyl sites for hydroxylation is 1. The van der Waals surface area contributed by atoms with Crippen LogP contribution in [-0.4, -0.2) is 76.0 Å². The molecule has 2 atom stereocenters. The number of nitrogens with one attached hydrogen (secondary N) is 1. The Morgan fingerprint density at radius 3 is 2.45 bits per heavy atom. The van der Waals surface area contributed by atoms with E-state index in [0.717, 1.165) is 35.6 Å². The van der Waals surface area contributed by atoms with Crippen molar-refractivity contribution in [2.45, 2.75) is 44.4 Å². The topological polar surface area (TPSA) is 97.7 Å². The van der Waals surface area contributed by atoms with Crippen LogP contribution in [0.5, 0.6) is 0 Å². The highest BCUT2D eigenvalue weighted by Gasteiger charge is 2.43. The van der Waals surface area contributed by atoms with Crippen LogP contribution in [0.2, 0.25) is 0 Å². The fourth-order valence-electron chi connectivity index (χ4n) is 5.82. The maximum Gasteiger partial charge on any atom is 0.270 e. The lowest BCUT2D eigenvalue weighted by Crippen LogP contribution is -2.49. The molecular weight excluding hydrogens is 572 g/mol. The zero-order valence-electron chi connectivity index (χ0n) is 25.0. The van der Waals surface area contributed by atoms with Crippen LogP contribution in [0.15, 0.2) is 88.8 Å². The Labute approximate surface area is 262 Å². The Morgan fingerprint density at radius 2 is 1.70 bits per heavy atom. The monoisotopic (exact) mass is 608 g/mol. The number of aliphatic imine (C=N–C) groups is 2. The van der Waals surface area contributed by atoms with E-state index in [2.05, 4.69) is 27.3 Å². The number of para-hydroxylation sites is 2. The summed E-state index contributed by atoms with van der Waals surface area (Å²) < 4.78 is 0. The molecule has 3 aromatic carbocycles. The second-order valence-electron chi connectivity index (χ2n) is 11.2. The third kappa shape index (κ3) is 6.26. The summed E-state index contributed by atoms with van der Waals surface area (Å²) in [7, 11) is 0. The third-order valence-corrected chi connectivity index (χ3v) is 9.52. The van der Waals surface area contributed by atoms with Crippen LogP contribution in [0, 0.1) is 6.92 Å². The number of amides is 3. The van der Waals surface area contributed by atoms with E-state index in [1.165, 1.54) is 11.8 Å². The van der Waals surface area contributed by atoms with Crippen molar-refractivity contribution < 1.29 is 14.4 Å². The number of anilines is 2. The van der Waals surface area contributed by atoms with E-state index in [1.807, 2.05) is 90.4 Å². The maximum atomic E-state index is 13.4. The third-order valence-electron chi connectivity index (χ3n) is 8.19. The number of amidine groups is 2. The first-order chi connectivity index (χ1) is 21.4. The van der Waals surface area contributed by atoms with E-state index in [4.69, 9.17) is 4.99 Å².